The minimum Gasteiger partial charge on any atom is -0.394 e. The van der Waals surface area contributed by atoms with E-state index in [1.807, 2.05) is 0 Å². The second-order valence-electron chi connectivity index (χ2n) is 22.0. The van der Waals surface area contributed by atoms with Gasteiger partial charge in [0, 0.05) is 19.8 Å². The summed E-state index contributed by atoms with van der Waals surface area (Å²) in [6, 6.07) is 0. The minimum atomic E-state index is -0.816. The maximum absolute atomic E-state index is 9.96. The van der Waals surface area contributed by atoms with Gasteiger partial charge in [0.25, 0.3) is 0 Å². The molecule has 60 heavy (non-hydrogen) atoms. The third-order valence-corrected chi connectivity index (χ3v) is 16.7. The van der Waals surface area contributed by atoms with Crippen LogP contribution in [0.15, 0.2) is 23.8 Å². The lowest BCUT2D eigenvalue weighted by atomic mass is 9.47. The first-order chi connectivity index (χ1) is 29.1. The first-order valence-electron chi connectivity index (χ1n) is 26.6. The molecule has 0 aliphatic heterocycles. The van der Waals surface area contributed by atoms with Crippen LogP contribution in [-0.2, 0) is 14.2 Å². The van der Waals surface area contributed by atoms with Crippen LogP contribution in [0.5, 0.6) is 0 Å². The van der Waals surface area contributed by atoms with E-state index < -0.39 is 5.54 Å². The SMILES string of the molecule is CCCCCCCCC=CCCCCCCCCOCC(N)(CO)COCCCCCCO[C@H]1CC[C@@]2(C)C(=CCC3C4CCC(C(C)CCCC(C)C)[C@@]4(C)CCC32)C1. The van der Waals surface area contributed by atoms with E-state index in [9.17, 15) is 5.11 Å². The molecule has 9 atom stereocenters. The summed E-state index contributed by atoms with van der Waals surface area (Å²) in [5, 5.41) is 9.96. The lowest BCUT2D eigenvalue weighted by Gasteiger charge is -2.58. The number of hydrogen-bond donors (Lipinski definition) is 2. The summed E-state index contributed by atoms with van der Waals surface area (Å²) in [4.78, 5) is 0. The molecule has 0 spiro atoms. The van der Waals surface area contributed by atoms with Crippen molar-refractivity contribution < 1.29 is 19.3 Å². The van der Waals surface area contributed by atoms with Gasteiger partial charge in [-0.1, -0.05) is 155 Å². The van der Waals surface area contributed by atoms with Gasteiger partial charge in [-0.05, 0) is 143 Å². The van der Waals surface area contributed by atoms with Crippen LogP contribution in [0.3, 0.4) is 0 Å². The molecule has 3 fully saturated rings. The molecule has 5 heteroatoms. The standard InChI is InChI=1S/C55H101NO4/c1-7-8-9-10-11-12-13-14-15-16-17-18-19-20-21-24-38-58-43-55(56,42-57)44-59-39-25-22-23-26-40-60-48-34-36-53(5)47(41-48)30-31-49-51-33-32-50(46(4)29-27-28-45(2)3)54(51,6)37-35-52(49)53/h14-15,30,45-46,48-52,57H,7-13,16-29,31-44,56H2,1-6H3/t46?,48-,49?,50?,51?,52?,53-,54+,55?/m0/s1. The zero-order valence-electron chi connectivity index (χ0n) is 40.8. The number of unbranched alkanes of at least 4 members (excludes halogenated alkanes) is 15. The number of allylic oxidation sites excluding steroid dienone is 3. The Kier molecular flexibility index (Phi) is 24.4. The molecule has 0 bridgehead atoms. The molecule has 5 nitrogen and oxygen atoms in total. The Bertz CT molecular complexity index is 1180. The second kappa shape index (κ2) is 28.2. The van der Waals surface area contributed by atoms with Crippen LogP contribution in [0, 0.1) is 46.3 Å². The van der Waals surface area contributed by atoms with Crippen LogP contribution >= 0.6 is 0 Å². The van der Waals surface area contributed by atoms with Gasteiger partial charge >= 0.3 is 0 Å². The van der Waals surface area contributed by atoms with Crippen LogP contribution in [0.1, 0.15) is 228 Å². The third-order valence-electron chi connectivity index (χ3n) is 16.7. The summed E-state index contributed by atoms with van der Waals surface area (Å²) in [6.07, 6.45) is 45.8. The Labute approximate surface area is 373 Å². The average molecular weight is 840 g/mol. The predicted molar refractivity (Wildman–Crippen MR) is 256 cm³/mol. The van der Waals surface area contributed by atoms with Gasteiger partial charge in [-0.2, -0.15) is 0 Å². The van der Waals surface area contributed by atoms with Crippen LogP contribution in [0.4, 0.5) is 0 Å². The minimum absolute atomic E-state index is 0.116. The van der Waals surface area contributed by atoms with E-state index in [0.29, 0.717) is 43.4 Å². The highest BCUT2D eigenvalue weighted by molar-refractivity contribution is 5.25. The summed E-state index contributed by atoms with van der Waals surface area (Å²) in [5.41, 5.74) is 8.34. The van der Waals surface area contributed by atoms with Crippen molar-refractivity contribution in [2.45, 2.75) is 239 Å². The first-order valence-corrected chi connectivity index (χ1v) is 26.6. The highest BCUT2D eigenvalue weighted by Gasteiger charge is 2.59. The number of rotatable bonds is 34. The van der Waals surface area contributed by atoms with Gasteiger partial charge < -0.3 is 25.1 Å². The van der Waals surface area contributed by atoms with Crippen molar-refractivity contribution >= 4 is 0 Å². The van der Waals surface area contributed by atoms with E-state index in [1.165, 1.54) is 154 Å². The molecule has 3 N–H and O–H groups in total. The van der Waals surface area contributed by atoms with Crippen molar-refractivity contribution in [3.63, 3.8) is 0 Å². The van der Waals surface area contributed by atoms with E-state index in [2.05, 4.69) is 59.8 Å². The molecule has 350 valence electrons. The van der Waals surface area contributed by atoms with Crippen LogP contribution < -0.4 is 5.73 Å². The molecule has 0 amide bonds. The summed E-state index contributed by atoms with van der Waals surface area (Å²) < 4.78 is 18.4. The van der Waals surface area contributed by atoms with Crippen molar-refractivity contribution in [1.82, 2.24) is 0 Å². The van der Waals surface area contributed by atoms with E-state index in [-0.39, 0.29) is 6.61 Å². The van der Waals surface area contributed by atoms with Gasteiger partial charge in [0.1, 0.15) is 0 Å². The van der Waals surface area contributed by atoms with Gasteiger partial charge in [-0.15, -0.1) is 0 Å². The van der Waals surface area contributed by atoms with Crippen LogP contribution in [-0.4, -0.2) is 56.4 Å². The highest BCUT2D eigenvalue weighted by Crippen LogP contribution is 2.67. The first kappa shape index (κ1) is 51.9. The van der Waals surface area contributed by atoms with E-state index in [4.69, 9.17) is 19.9 Å². The summed E-state index contributed by atoms with van der Waals surface area (Å²) >= 11 is 0. The topological polar surface area (TPSA) is 73.9 Å². The van der Waals surface area contributed by atoms with E-state index in [0.717, 1.165) is 74.2 Å². The van der Waals surface area contributed by atoms with Crippen molar-refractivity contribution in [1.29, 1.82) is 0 Å². The molecule has 6 unspecified atom stereocenters. The molecule has 3 saturated carbocycles. The zero-order valence-corrected chi connectivity index (χ0v) is 40.8. The molecule has 0 heterocycles. The Hall–Kier alpha value is -0.720. The lowest BCUT2D eigenvalue weighted by Crippen LogP contribution is -2.52. The molecule has 0 saturated heterocycles. The molecule has 0 aromatic carbocycles. The van der Waals surface area contributed by atoms with Gasteiger partial charge in [0.2, 0.25) is 0 Å². The second-order valence-corrected chi connectivity index (χ2v) is 22.0. The smallest absolute Gasteiger partial charge is 0.0862 e. The molecule has 0 aromatic heterocycles. The molecular formula is C55H101NO4. The Morgan fingerprint density at radius 3 is 1.93 bits per heavy atom. The normalized spacial score (nSPS) is 29.4. The average Bonchev–Trinajstić information content (AvgIpc) is 3.60. The maximum atomic E-state index is 9.96. The van der Waals surface area contributed by atoms with E-state index >= 15 is 0 Å². The molecular weight excluding hydrogens is 739 g/mol. The number of ether oxygens (including phenoxy) is 3. The maximum Gasteiger partial charge on any atom is 0.0862 e. The monoisotopic (exact) mass is 840 g/mol. The Morgan fingerprint density at radius 2 is 1.32 bits per heavy atom. The van der Waals surface area contributed by atoms with Crippen molar-refractivity contribution in [2.75, 3.05) is 39.6 Å². The Balaban J connectivity index is 0.978. The largest absolute Gasteiger partial charge is 0.394 e. The van der Waals surface area contributed by atoms with Gasteiger partial charge in [0.15, 0.2) is 0 Å². The third kappa shape index (κ3) is 16.7. The molecule has 4 rings (SSSR count). The van der Waals surface area contributed by atoms with Crippen molar-refractivity contribution in [3.8, 4) is 0 Å². The van der Waals surface area contributed by atoms with Crippen LogP contribution in [0.2, 0.25) is 0 Å². The van der Waals surface area contributed by atoms with Gasteiger partial charge in [-0.3, -0.25) is 0 Å². The number of fused-ring (bicyclic) bond motifs is 5. The van der Waals surface area contributed by atoms with Gasteiger partial charge in [0.05, 0.1) is 31.5 Å². The number of aliphatic hydroxyl groups is 1. The fourth-order valence-electron chi connectivity index (χ4n) is 12.8. The Morgan fingerprint density at radius 1 is 0.717 bits per heavy atom. The fraction of sp³-hybridized carbons (Fsp3) is 0.927. The summed E-state index contributed by atoms with van der Waals surface area (Å²) in [5.74, 6) is 5.39. The lowest BCUT2D eigenvalue weighted by molar-refractivity contribution is -0.0641. The molecule has 4 aliphatic rings. The fourth-order valence-corrected chi connectivity index (χ4v) is 12.8. The quantitative estimate of drug-likeness (QED) is 0.0499. The summed E-state index contributed by atoms with van der Waals surface area (Å²) in [6.45, 7) is 17.9. The van der Waals surface area contributed by atoms with Gasteiger partial charge in [-0.25, -0.2) is 0 Å². The summed E-state index contributed by atoms with van der Waals surface area (Å²) in [7, 11) is 0. The number of aliphatic hydroxyl groups excluding tert-OH is 1. The van der Waals surface area contributed by atoms with Crippen molar-refractivity contribution in [2.24, 2.45) is 52.1 Å². The number of nitrogens with two attached hydrogens (primary N) is 1. The van der Waals surface area contributed by atoms with E-state index in [1.54, 1.807) is 5.57 Å². The molecule has 0 radical (unpaired) electrons. The zero-order chi connectivity index (χ0) is 43.1. The highest BCUT2D eigenvalue weighted by atomic mass is 16.5. The van der Waals surface area contributed by atoms with Crippen LogP contribution in [0.25, 0.3) is 0 Å². The number of hydrogen-bond acceptors (Lipinski definition) is 5. The molecule has 0 aromatic rings. The predicted octanol–water partition coefficient (Wildman–Crippen LogP) is 14.7. The van der Waals surface area contributed by atoms with Crippen molar-refractivity contribution in [3.05, 3.63) is 23.8 Å². The molecule has 4 aliphatic carbocycles.